The number of halogens is 4. The third-order valence-corrected chi connectivity index (χ3v) is 5.58. The molecule has 5 rings (SSSR count). The van der Waals surface area contributed by atoms with Crippen LogP contribution in [0, 0.1) is 6.92 Å². The Morgan fingerprint density at radius 3 is 2.58 bits per heavy atom. The lowest BCUT2D eigenvalue weighted by Crippen LogP contribution is -2.13. The highest BCUT2D eigenvalue weighted by molar-refractivity contribution is 6.31. The monoisotopic (exact) mass is 469 g/mol. The molecule has 0 unspecified atom stereocenters. The van der Waals surface area contributed by atoms with Crippen LogP contribution < -0.4 is 5.32 Å². The molecule has 166 valence electrons. The van der Waals surface area contributed by atoms with Crippen LogP contribution in [-0.4, -0.2) is 25.3 Å². The van der Waals surface area contributed by atoms with Gasteiger partial charge in [-0.2, -0.15) is 13.2 Å². The van der Waals surface area contributed by atoms with Gasteiger partial charge in [0, 0.05) is 11.9 Å². The Balaban J connectivity index is 1.44. The van der Waals surface area contributed by atoms with Gasteiger partial charge in [0.05, 0.1) is 21.6 Å². The molecule has 0 aliphatic rings. The molecule has 10 heteroatoms. The molecule has 0 fully saturated rings. The van der Waals surface area contributed by atoms with Gasteiger partial charge in [0.15, 0.2) is 0 Å². The molecule has 0 bridgehead atoms. The Labute approximate surface area is 190 Å². The number of carbonyl (C=O) groups excluding carboxylic acids is 1. The van der Waals surface area contributed by atoms with E-state index >= 15 is 0 Å². The smallest absolute Gasteiger partial charge is 0.324 e. The number of hydrogen-bond donors (Lipinski definition) is 2. The number of nitrogens with one attached hydrogen (secondary N) is 2. The van der Waals surface area contributed by atoms with Crippen molar-refractivity contribution < 1.29 is 18.0 Å². The van der Waals surface area contributed by atoms with E-state index in [9.17, 15) is 18.0 Å². The number of imidazole rings is 2. The van der Waals surface area contributed by atoms with Crippen LogP contribution in [0.1, 0.15) is 21.7 Å². The van der Waals surface area contributed by atoms with Gasteiger partial charge in [-0.05, 0) is 54.4 Å². The molecule has 0 saturated heterocycles. The van der Waals surface area contributed by atoms with Gasteiger partial charge in [-0.25, -0.2) is 9.97 Å². The number of carbonyl (C=O) groups is 1. The van der Waals surface area contributed by atoms with Gasteiger partial charge in [-0.15, -0.1) is 0 Å². The summed E-state index contributed by atoms with van der Waals surface area (Å²) >= 11 is 5.72. The Morgan fingerprint density at radius 1 is 1.06 bits per heavy atom. The van der Waals surface area contributed by atoms with E-state index in [4.69, 9.17) is 11.6 Å². The lowest BCUT2D eigenvalue weighted by atomic mass is 10.0. The number of amides is 1. The van der Waals surface area contributed by atoms with Crippen molar-refractivity contribution in [3.63, 3.8) is 0 Å². The Kier molecular flexibility index (Phi) is 4.86. The third kappa shape index (κ3) is 3.91. The predicted octanol–water partition coefficient (Wildman–Crippen LogP) is 6.11. The molecular formula is C23H15ClF3N5O. The van der Waals surface area contributed by atoms with Gasteiger partial charge in [0.25, 0.3) is 5.91 Å². The molecule has 6 nitrogen and oxygen atoms in total. The SMILES string of the molecule is Cc1cccc2nc(C(=O)Nc3nc4ccc(-c5ccc(Cl)c(C(F)(F)F)c5)cc4[nH]3)cn12. The summed E-state index contributed by atoms with van der Waals surface area (Å²) in [5, 5.41) is 2.32. The van der Waals surface area contributed by atoms with Crippen LogP contribution in [-0.2, 0) is 6.18 Å². The van der Waals surface area contributed by atoms with Crippen molar-refractivity contribution in [2.75, 3.05) is 5.32 Å². The molecule has 0 aliphatic heterocycles. The minimum Gasteiger partial charge on any atom is -0.324 e. The van der Waals surface area contributed by atoms with Gasteiger partial charge in [0.2, 0.25) is 5.95 Å². The van der Waals surface area contributed by atoms with Crippen LogP contribution in [0.5, 0.6) is 0 Å². The van der Waals surface area contributed by atoms with Crippen molar-refractivity contribution in [1.82, 2.24) is 19.4 Å². The van der Waals surface area contributed by atoms with Gasteiger partial charge < -0.3 is 9.38 Å². The number of aromatic nitrogens is 4. The number of fused-ring (bicyclic) bond motifs is 2. The fourth-order valence-corrected chi connectivity index (χ4v) is 3.82. The number of alkyl halides is 3. The van der Waals surface area contributed by atoms with Crippen molar-refractivity contribution in [3.8, 4) is 11.1 Å². The number of pyridine rings is 1. The molecule has 0 saturated carbocycles. The lowest BCUT2D eigenvalue weighted by Gasteiger charge is -2.11. The number of hydrogen-bond acceptors (Lipinski definition) is 3. The third-order valence-electron chi connectivity index (χ3n) is 5.25. The van der Waals surface area contributed by atoms with E-state index in [1.165, 1.54) is 12.1 Å². The standard InChI is InChI=1S/C23H15ClF3N5O/c1-12-3-2-4-20-28-19(11-32(12)20)21(33)31-22-29-17-8-6-14(10-18(17)30-22)13-5-7-16(24)15(9-13)23(25,26)27/h2-11H,1H3,(H2,29,30,31,33). The summed E-state index contributed by atoms with van der Waals surface area (Å²) in [4.78, 5) is 24.3. The second-order valence-corrected chi connectivity index (χ2v) is 7.89. The van der Waals surface area contributed by atoms with Crippen LogP contribution >= 0.6 is 11.6 Å². The van der Waals surface area contributed by atoms with E-state index in [0.717, 1.165) is 11.8 Å². The maximum Gasteiger partial charge on any atom is 0.417 e. The van der Waals surface area contributed by atoms with Crippen molar-refractivity contribution in [2.24, 2.45) is 0 Å². The normalized spacial score (nSPS) is 11.9. The largest absolute Gasteiger partial charge is 0.417 e. The fourth-order valence-electron chi connectivity index (χ4n) is 3.60. The molecule has 2 N–H and O–H groups in total. The summed E-state index contributed by atoms with van der Waals surface area (Å²) < 4.78 is 41.4. The molecule has 3 heterocycles. The van der Waals surface area contributed by atoms with Crippen LogP contribution in [0.15, 0.2) is 60.8 Å². The Morgan fingerprint density at radius 2 is 1.82 bits per heavy atom. The highest BCUT2D eigenvalue weighted by atomic mass is 35.5. The highest BCUT2D eigenvalue weighted by Crippen LogP contribution is 2.37. The summed E-state index contributed by atoms with van der Waals surface area (Å²) in [6.07, 6.45) is -2.92. The first-order valence-corrected chi connectivity index (χ1v) is 10.2. The number of anilines is 1. The summed E-state index contributed by atoms with van der Waals surface area (Å²) in [5.74, 6) is -0.238. The number of rotatable bonds is 3. The van der Waals surface area contributed by atoms with E-state index in [1.807, 2.05) is 19.1 Å². The van der Waals surface area contributed by atoms with E-state index in [0.29, 0.717) is 27.8 Å². The maximum absolute atomic E-state index is 13.2. The number of nitrogens with zero attached hydrogens (tertiary/aromatic N) is 3. The fraction of sp³-hybridized carbons (Fsp3) is 0.0870. The zero-order chi connectivity index (χ0) is 23.3. The topological polar surface area (TPSA) is 75.1 Å². The molecule has 5 aromatic rings. The van der Waals surface area contributed by atoms with E-state index in [1.54, 1.807) is 34.9 Å². The van der Waals surface area contributed by atoms with Gasteiger partial charge >= 0.3 is 6.18 Å². The quantitative estimate of drug-likeness (QED) is 0.335. The van der Waals surface area contributed by atoms with Crippen LogP contribution in [0.2, 0.25) is 5.02 Å². The minimum atomic E-state index is -4.56. The second kappa shape index (κ2) is 7.63. The lowest BCUT2D eigenvalue weighted by molar-refractivity contribution is -0.137. The Hall–Kier alpha value is -3.85. The van der Waals surface area contributed by atoms with E-state index in [2.05, 4.69) is 20.3 Å². The average Bonchev–Trinajstić information content (AvgIpc) is 3.37. The molecule has 1 amide bonds. The molecule has 3 aromatic heterocycles. The number of aromatic amines is 1. The molecule has 0 aliphatic carbocycles. The Bertz CT molecular complexity index is 1540. The number of H-pyrrole nitrogens is 1. The summed E-state index contributed by atoms with van der Waals surface area (Å²) in [6, 6.07) is 14.3. The summed E-state index contributed by atoms with van der Waals surface area (Å²) in [7, 11) is 0. The van der Waals surface area contributed by atoms with Crippen LogP contribution in [0.3, 0.4) is 0 Å². The number of benzene rings is 2. The highest BCUT2D eigenvalue weighted by Gasteiger charge is 2.33. The van der Waals surface area contributed by atoms with Crippen molar-refractivity contribution in [1.29, 1.82) is 0 Å². The van der Waals surface area contributed by atoms with Gasteiger partial charge in [-0.3, -0.25) is 10.1 Å². The molecule has 0 radical (unpaired) electrons. The average molecular weight is 470 g/mol. The first-order chi connectivity index (χ1) is 15.7. The zero-order valence-electron chi connectivity index (χ0n) is 17.0. The second-order valence-electron chi connectivity index (χ2n) is 7.49. The van der Waals surface area contributed by atoms with Gasteiger partial charge in [0.1, 0.15) is 11.3 Å². The van der Waals surface area contributed by atoms with Crippen LogP contribution in [0.25, 0.3) is 27.8 Å². The van der Waals surface area contributed by atoms with E-state index < -0.39 is 17.6 Å². The maximum atomic E-state index is 13.2. The van der Waals surface area contributed by atoms with Crippen molar-refractivity contribution in [3.05, 3.63) is 82.8 Å². The van der Waals surface area contributed by atoms with E-state index in [-0.39, 0.29) is 16.7 Å². The molecule has 2 aromatic carbocycles. The predicted molar refractivity (Wildman–Crippen MR) is 119 cm³/mol. The van der Waals surface area contributed by atoms with Gasteiger partial charge in [-0.1, -0.05) is 29.8 Å². The molecule has 33 heavy (non-hydrogen) atoms. The summed E-state index contributed by atoms with van der Waals surface area (Å²) in [5.41, 5.74) is 2.91. The first kappa shape index (κ1) is 21.0. The zero-order valence-corrected chi connectivity index (χ0v) is 17.8. The molecule has 0 atom stereocenters. The van der Waals surface area contributed by atoms with Crippen molar-refractivity contribution in [2.45, 2.75) is 13.1 Å². The molecular weight excluding hydrogens is 455 g/mol. The summed E-state index contributed by atoms with van der Waals surface area (Å²) in [6.45, 7) is 1.91. The van der Waals surface area contributed by atoms with Crippen LogP contribution in [0.4, 0.5) is 19.1 Å². The first-order valence-electron chi connectivity index (χ1n) is 9.82. The molecule has 0 spiro atoms. The van der Waals surface area contributed by atoms with Crippen molar-refractivity contribution >= 4 is 40.1 Å². The number of aryl methyl sites for hydroxylation is 1. The minimum absolute atomic E-state index is 0.202.